The van der Waals surface area contributed by atoms with Crippen molar-refractivity contribution in [2.45, 2.75) is 65.5 Å². The van der Waals surface area contributed by atoms with Gasteiger partial charge in [0, 0.05) is 6.04 Å². The molecule has 3 atom stereocenters. The lowest BCUT2D eigenvalue weighted by Crippen LogP contribution is -2.50. The largest absolute Gasteiger partial charge is 0.368 e. The van der Waals surface area contributed by atoms with Crippen LogP contribution in [-0.2, 0) is 4.79 Å². The fraction of sp³-hybridized carbons (Fsp3) is 0.929. The summed E-state index contributed by atoms with van der Waals surface area (Å²) in [5.74, 6) is 1.59. The van der Waals surface area contributed by atoms with Gasteiger partial charge in [0.1, 0.15) is 0 Å². The lowest BCUT2D eigenvalue weighted by atomic mass is 9.79. The maximum atomic E-state index is 11.4. The number of hydrogen-bond donors (Lipinski definition) is 2. The molecule has 17 heavy (non-hydrogen) atoms. The van der Waals surface area contributed by atoms with Crippen LogP contribution in [0.3, 0.4) is 0 Å². The molecular weight excluding hydrogens is 212 g/mol. The van der Waals surface area contributed by atoms with E-state index in [0.717, 1.165) is 11.8 Å². The van der Waals surface area contributed by atoms with Crippen LogP contribution in [0.2, 0.25) is 0 Å². The summed E-state index contributed by atoms with van der Waals surface area (Å²) >= 11 is 0. The Morgan fingerprint density at radius 1 is 1.24 bits per heavy atom. The first kappa shape index (κ1) is 14.5. The minimum atomic E-state index is -0.216. The summed E-state index contributed by atoms with van der Waals surface area (Å²) < 4.78 is 0. The first-order chi connectivity index (χ1) is 7.91. The van der Waals surface area contributed by atoms with E-state index >= 15 is 0 Å². The molecule has 0 bridgehead atoms. The summed E-state index contributed by atoms with van der Waals surface area (Å²) in [4.78, 5) is 11.4. The Kier molecular flexibility index (Phi) is 5.44. The second-order valence-corrected chi connectivity index (χ2v) is 6.16. The second-order valence-electron chi connectivity index (χ2n) is 6.16. The fourth-order valence-electron chi connectivity index (χ4n) is 2.84. The molecule has 3 unspecified atom stereocenters. The summed E-state index contributed by atoms with van der Waals surface area (Å²) in [6, 6.07) is 0.293. The van der Waals surface area contributed by atoms with E-state index in [2.05, 4.69) is 19.2 Å². The smallest absolute Gasteiger partial charge is 0.234 e. The molecule has 0 aromatic carbocycles. The van der Waals surface area contributed by atoms with E-state index in [1.807, 2.05) is 13.8 Å². The van der Waals surface area contributed by atoms with Crippen LogP contribution in [0.4, 0.5) is 0 Å². The number of amides is 1. The van der Waals surface area contributed by atoms with Gasteiger partial charge in [0.15, 0.2) is 0 Å². The quantitative estimate of drug-likeness (QED) is 0.774. The number of nitrogens with two attached hydrogens (primary N) is 1. The molecular formula is C14H28N2O. The van der Waals surface area contributed by atoms with Gasteiger partial charge in [-0.15, -0.1) is 0 Å². The predicted molar refractivity (Wildman–Crippen MR) is 71.5 cm³/mol. The molecule has 3 N–H and O–H groups in total. The van der Waals surface area contributed by atoms with Crippen molar-refractivity contribution >= 4 is 5.91 Å². The summed E-state index contributed by atoms with van der Waals surface area (Å²) in [5.41, 5.74) is 5.45. The molecule has 3 heteroatoms. The molecule has 0 spiro atoms. The number of nitrogens with one attached hydrogen (secondary N) is 1. The minimum Gasteiger partial charge on any atom is -0.368 e. The molecule has 1 aliphatic carbocycles. The van der Waals surface area contributed by atoms with Gasteiger partial charge in [-0.3, -0.25) is 4.79 Å². The van der Waals surface area contributed by atoms with Gasteiger partial charge >= 0.3 is 0 Å². The zero-order chi connectivity index (χ0) is 13.0. The van der Waals surface area contributed by atoms with Crippen LogP contribution >= 0.6 is 0 Å². The van der Waals surface area contributed by atoms with Gasteiger partial charge in [0.2, 0.25) is 5.91 Å². The molecule has 0 saturated heterocycles. The molecule has 1 fully saturated rings. The lowest BCUT2D eigenvalue weighted by molar-refractivity contribution is -0.121. The summed E-state index contributed by atoms with van der Waals surface area (Å²) in [5, 5.41) is 3.47. The monoisotopic (exact) mass is 240 g/mol. The molecule has 0 aliphatic heterocycles. The summed E-state index contributed by atoms with van der Waals surface area (Å²) in [6.45, 7) is 8.68. The average Bonchev–Trinajstić information content (AvgIpc) is 2.25. The molecule has 3 nitrogen and oxygen atoms in total. The van der Waals surface area contributed by atoms with Crippen LogP contribution in [0.25, 0.3) is 0 Å². The van der Waals surface area contributed by atoms with Crippen molar-refractivity contribution in [1.82, 2.24) is 5.32 Å². The minimum absolute atomic E-state index is 0.175. The normalized spacial score (nSPS) is 27.4. The van der Waals surface area contributed by atoms with E-state index in [-0.39, 0.29) is 17.9 Å². The third-order valence-electron chi connectivity index (χ3n) is 4.05. The topological polar surface area (TPSA) is 55.1 Å². The number of primary amides is 1. The van der Waals surface area contributed by atoms with Gasteiger partial charge in [-0.05, 0) is 30.6 Å². The molecule has 100 valence electrons. The molecule has 0 radical (unpaired) electrons. The van der Waals surface area contributed by atoms with Crippen LogP contribution in [0.1, 0.15) is 53.4 Å². The van der Waals surface area contributed by atoms with E-state index < -0.39 is 0 Å². The highest BCUT2D eigenvalue weighted by molar-refractivity contribution is 5.80. The van der Waals surface area contributed by atoms with Crippen LogP contribution in [0, 0.1) is 17.8 Å². The molecule has 0 heterocycles. The van der Waals surface area contributed by atoms with Gasteiger partial charge < -0.3 is 11.1 Å². The Morgan fingerprint density at radius 2 is 1.88 bits per heavy atom. The van der Waals surface area contributed by atoms with Gasteiger partial charge in [-0.25, -0.2) is 0 Å². The maximum Gasteiger partial charge on any atom is 0.234 e. The second kappa shape index (κ2) is 6.39. The zero-order valence-electron chi connectivity index (χ0n) is 11.7. The Labute approximate surface area is 106 Å². The third-order valence-corrected chi connectivity index (χ3v) is 4.05. The molecule has 1 rings (SSSR count). The van der Waals surface area contributed by atoms with Crippen LogP contribution in [-0.4, -0.2) is 18.0 Å². The lowest BCUT2D eigenvalue weighted by Gasteiger charge is -2.34. The van der Waals surface area contributed by atoms with E-state index in [0.29, 0.717) is 6.04 Å². The Morgan fingerprint density at radius 3 is 2.35 bits per heavy atom. The average molecular weight is 240 g/mol. The van der Waals surface area contributed by atoms with Crippen LogP contribution in [0.15, 0.2) is 0 Å². The number of carbonyl (C=O) groups excluding carboxylic acids is 1. The molecule has 1 aliphatic rings. The molecule has 0 aromatic heterocycles. The van der Waals surface area contributed by atoms with E-state index in [1.54, 1.807) is 0 Å². The standard InChI is InChI=1S/C14H28N2O/c1-9(2)11-6-5-7-12(8-11)16-13(10(3)4)14(15)17/h9-13,16H,5-8H2,1-4H3,(H2,15,17). The Balaban J connectivity index is 2.52. The van der Waals surface area contributed by atoms with E-state index in [9.17, 15) is 4.79 Å². The van der Waals surface area contributed by atoms with Gasteiger partial charge in [-0.2, -0.15) is 0 Å². The zero-order valence-corrected chi connectivity index (χ0v) is 11.7. The highest BCUT2D eigenvalue weighted by atomic mass is 16.1. The van der Waals surface area contributed by atoms with E-state index in [1.165, 1.54) is 25.7 Å². The predicted octanol–water partition coefficient (Wildman–Crippen LogP) is 2.30. The number of rotatable bonds is 5. The molecule has 1 saturated carbocycles. The number of carbonyl (C=O) groups is 1. The molecule has 1 amide bonds. The first-order valence-electron chi connectivity index (χ1n) is 6.97. The van der Waals surface area contributed by atoms with Crippen molar-refractivity contribution in [3.8, 4) is 0 Å². The Bertz CT molecular complexity index is 251. The maximum absolute atomic E-state index is 11.4. The third kappa shape index (κ3) is 4.30. The van der Waals surface area contributed by atoms with Crippen molar-refractivity contribution in [2.75, 3.05) is 0 Å². The van der Waals surface area contributed by atoms with Crippen molar-refractivity contribution in [2.24, 2.45) is 23.5 Å². The summed E-state index contributed by atoms with van der Waals surface area (Å²) in [6.07, 6.45) is 4.97. The summed E-state index contributed by atoms with van der Waals surface area (Å²) in [7, 11) is 0. The van der Waals surface area contributed by atoms with E-state index in [4.69, 9.17) is 5.73 Å². The van der Waals surface area contributed by atoms with Crippen LogP contribution < -0.4 is 11.1 Å². The van der Waals surface area contributed by atoms with Crippen LogP contribution in [0.5, 0.6) is 0 Å². The van der Waals surface area contributed by atoms with Crippen molar-refractivity contribution in [1.29, 1.82) is 0 Å². The highest BCUT2D eigenvalue weighted by Gasteiger charge is 2.28. The SMILES string of the molecule is CC(C)C1CCCC(NC(C(N)=O)C(C)C)C1. The highest BCUT2D eigenvalue weighted by Crippen LogP contribution is 2.30. The van der Waals surface area contributed by atoms with Crippen molar-refractivity contribution < 1.29 is 4.79 Å². The molecule has 0 aromatic rings. The van der Waals surface area contributed by atoms with Crippen molar-refractivity contribution in [3.63, 3.8) is 0 Å². The number of hydrogen-bond acceptors (Lipinski definition) is 2. The van der Waals surface area contributed by atoms with Gasteiger partial charge in [-0.1, -0.05) is 40.5 Å². The Hall–Kier alpha value is -0.570. The van der Waals surface area contributed by atoms with Gasteiger partial charge in [0.25, 0.3) is 0 Å². The first-order valence-corrected chi connectivity index (χ1v) is 6.97. The fourth-order valence-corrected chi connectivity index (χ4v) is 2.84. The van der Waals surface area contributed by atoms with Crippen molar-refractivity contribution in [3.05, 3.63) is 0 Å². The van der Waals surface area contributed by atoms with Gasteiger partial charge in [0.05, 0.1) is 6.04 Å².